The monoisotopic (exact) mass is 485 g/mol. The van der Waals surface area contributed by atoms with Gasteiger partial charge in [0.2, 0.25) is 15.9 Å². The van der Waals surface area contributed by atoms with Crippen molar-refractivity contribution in [1.82, 2.24) is 9.62 Å². The van der Waals surface area contributed by atoms with Crippen LogP contribution in [0.5, 0.6) is 0 Å². The molecule has 1 aromatic carbocycles. The highest BCUT2D eigenvalue weighted by Gasteiger charge is 2.33. The lowest BCUT2D eigenvalue weighted by molar-refractivity contribution is -0.459. The Hall–Kier alpha value is -2.05. The summed E-state index contributed by atoms with van der Waals surface area (Å²) in [5, 5.41) is 0. The van der Waals surface area contributed by atoms with Gasteiger partial charge in [-0.1, -0.05) is 6.07 Å². The molecule has 0 saturated carbocycles. The second-order valence-corrected chi connectivity index (χ2v) is 8.82. The Labute approximate surface area is 185 Å². The third-order valence-corrected chi connectivity index (χ3v) is 6.20. The number of alkyl halides is 3. The number of nitrogens with one attached hydrogen (secondary N) is 2. The van der Waals surface area contributed by atoms with Gasteiger partial charge in [0, 0.05) is 13.1 Å². The van der Waals surface area contributed by atoms with Gasteiger partial charge in [0.1, 0.15) is 6.04 Å². The maximum absolute atomic E-state index is 13.0. The minimum Gasteiger partial charge on any atom is -1.00 e. The number of guanidine groups is 1. The van der Waals surface area contributed by atoms with E-state index in [0.29, 0.717) is 32.1 Å². The first-order valence-electron chi connectivity index (χ1n) is 9.61. The Morgan fingerprint density at radius 1 is 1.19 bits per heavy atom. The van der Waals surface area contributed by atoms with E-state index in [1.54, 1.807) is 4.90 Å². The smallest absolute Gasteiger partial charge is 0.416 e. The number of carbonyl (C=O) groups is 1. The Morgan fingerprint density at radius 2 is 1.84 bits per heavy atom. The number of amides is 1. The number of rotatable bonds is 8. The number of nitrogens with two attached hydrogens (primary N) is 2. The molecular formula is C18H27ClF3N5O3S. The summed E-state index contributed by atoms with van der Waals surface area (Å²) in [4.78, 5) is 16.6. The van der Waals surface area contributed by atoms with Crippen LogP contribution in [-0.4, -0.2) is 50.9 Å². The highest BCUT2D eigenvalue weighted by Crippen LogP contribution is 2.30. The highest BCUT2D eigenvalue weighted by molar-refractivity contribution is 7.89. The van der Waals surface area contributed by atoms with Crippen molar-refractivity contribution in [1.29, 1.82) is 0 Å². The molecule has 0 unspecified atom stereocenters. The SMILES string of the molecule is NC(N)=[NH+]CCC[C@H](NS(=O)(=O)c1cccc(C(F)(F)F)c1)C(=O)N1CCCCC1.[Cl-]. The van der Waals surface area contributed by atoms with Gasteiger partial charge in [0.15, 0.2) is 0 Å². The second kappa shape index (κ2) is 11.5. The summed E-state index contributed by atoms with van der Waals surface area (Å²) in [5.74, 6) is -0.395. The topological polar surface area (TPSA) is 132 Å². The van der Waals surface area contributed by atoms with Crippen molar-refractivity contribution >= 4 is 21.9 Å². The van der Waals surface area contributed by atoms with E-state index in [1.165, 1.54) is 0 Å². The number of nitrogens with zero attached hydrogens (tertiary/aromatic N) is 1. The van der Waals surface area contributed by atoms with Crippen LogP contribution in [0.2, 0.25) is 0 Å². The molecule has 0 radical (unpaired) electrons. The van der Waals surface area contributed by atoms with Crippen LogP contribution in [0, 0.1) is 0 Å². The molecule has 6 N–H and O–H groups in total. The molecule has 1 aliphatic heterocycles. The van der Waals surface area contributed by atoms with E-state index in [4.69, 9.17) is 11.5 Å². The summed E-state index contributed by atoms with van der Waals surface area (Å²) in [6.45, 7) is 1.35. The number of hydrogen-bond donors (Lipinski definition) is 4. The van der Waals surface area contributed by atoms with Crippen LogP contribution in [-0.2, 0) is 21.0 Å². The van der Waals surface area contributed by atoms with Gasteiger partial charge in [-0.2, -0.15) is 17.9 Å². The van der Waals surface area contributed by atoms with Gasteiger partial charge in [0.05, 0.1) is 17.0 Å². The Kier molecular flexibility index (Phi) is 10.0. The summed E-state index contributed by atoms with van der Waals surface area (Å²) in [5.41, 5.74) is 9.55. The number of likely N-dealkylation sites (tertiary alicyclic amines) is 1. The van der Waals surface area contributed by atoms with Crippen LogP contribution >= 0.6 is 0 Å². The number of hydrogen-bond acceptors (Lipinski definition) is 3. The van der Waals surface area contributed by atoms with Gasteiger partial charge in [0.25, 0.3) is 0 Å². The van der Waals surface area contributed by atoms with E-state index in [1.807, 2.05) is 0 Å². The first kappa shape index (κ1) is 27.0. The van der Waals surface area contributed by atoms with Crippen molar-refractivity contribution in [3.05, 3.63) is 29.8 Å². The van der Waals surface area contributed by atoms with Crippen molar-refractivity contribution in [3.63, 3.8) is 0 Å². The first-order chi connectivity index (χ1) is 14.0. The fourth-order valence-corrected chi connectivity index (χ4v) is 4.47. The molecule has 0 aliphatic carbocycles. The van der Waals surface area contributed by atoms with E-state index in [9.17, 15) is 26.4 Å². The van der Waals surface area contributed by atoms with Crippen LogP contribution < -0.4 is 33.6 Å². The molecule has 0 aromatic heterocycles. The average Bonchev–Trinajstić information content (AvgIpc) is 2.69. The lowest BCUT2D eigenvalue weighted by Crippen LogP contribution is -3.00. The van der Waals surface area contributed by atoms with Gasteiger partial charge < -0.3 is 17.3 Å². The van der Waals surface area contributed by atoms with Crippen molar-refractivity contribution in [2.45, 2.75) is 49.2 Å². The molecule has 1 saturated heterocycles. The van der Waals surface area contributed by atoms with Gasteiger partial charge in [-0.15, -0.1) is 0 Å². The van der Waals surface area contributed by atoms with E-state index >= 15 is 0 Å². The number of piperidine rings is 1. The largest absolute Gasteiger partial charge is 1.00 e. The van der Waals surface area contributed by atoms with Crippen molar-refractivity contribution in [2.75, 3.05) is 19.6 Å². The number of benzene rings is 1. The maximum Gasteiger partial charge on any atom is 0.416 e. The fraction of sp³-hybridized carbons (Fsp3) is 0.556. The Bertz CT molecular complexity index is 870. The van der Waals surface area contributed by atoms with Crippen LogP contribution in [0.3, 0.4) is 0 Å². The van der Waals surface area contributed by atoms with Crippen molar-refractivity contribution in [3.8, 4) is 0 Å². The predicted octanol–water partition coefficient (Wildman–Crippen LogP) is -3.50. The molecule has 0 spiro atoms. The zero-order valence-electron chi connectivity index (χ0n) is 16.8. The number of carbonyl (C=O) groups excluding carboxylic acids is 1. The molecule has 0 bridgehead atoms. The Morgan fingerprint density at radius 3 is 2.42 bits per heavy atom. The van der Waals surface area contributed by atoms with Gasteiger partial charge >= 0.3 is 12.1 Å². The van der Waals surface area contributed by atoms with E-state index in [2.05, 4.69) is 9.71 Å². The quantitative estimate of drug-likeness (QED) is 0.172. The van der Waals surface area contributed by atoms with E-state index < -0.39 is 38.6 Å². The van der Waals surface area contributed by atoms with Gasteiger partial charge in [-0.3, -0.25) is 21.3 Å². The molecule has 1 fully saturated rings. The van der Waals surface area contributed by atoms with Crippen LogP contribution in [0.4, 0.5) is 13.2 Å². The molecule has 176 valence electrons. The minimum absolute atomic E-state index is 0. The lowest BCUT2D eigenvalue weighted by Gasteiger charge is -2.30. The molecule has 31 heavy (non-hydrogen) atoms. The summed E-state index contributed by atoms with van der Waals surface area (Å²) < 4.78 is 66.6. The molecule has 2 rings (SSSR count). The zero-order valence-corrected chi connectivity index (χ0v) is 18.4. The van der Waals surface area contributed by atoms with Crippen molar-refractivity contribution in [2.24, 2.45) is 11.5 Å². The molecule has 1 aliphatic rings. The van der Waals surface area contributed by atoms with E-state index in [-0.39, 0.29) is 24.8 Å². The third kappa shape index (κ3) is 8.19. The average molecular weight is 486 g/mol. The third-order valence-electron chi connectivity index (χ3n) is 4.73. The zero-order chi connectivity index (χ0) is 22.4. The predicted molar refractivity (Wildman–Crippen MR) is 104 cm³/mol. The maximum atomic E-state index is 13.0. The van der Waals surface area contributed by atoms with E-state index in [0.717, 1.165) is 37.5 Å². The van der Waals surface area contributed by atoms with Crippen LogP contribution in [0.15, 0.2) is 29.2 Å². The molecule has 13 heteroatoms. The highest BCUT2D eigenvalue weighted by atomic mass is 35.5. The van der Waals surface area contributed by atoms with Gasteiger partial charge in [-0.05, 0) is 50.3 Å². The van der Waals surface area contributed by atoms with Gasteiger partial charge in [-0.25, -0.2) is 8.42 Å². The minimum atomic E-state index is -4.68. The summed E-state index contributed by atoms with van der Waals surface area (Å²) in [6.07, 6.45) is -1.56. The summed E-state index contributed by atoms with van der Waals surface area (Å²) >= 11 is 0. The molecule has 1 aromatic rings. The molecule has 8 nitrogen and oxygen atoms in total. The number of halogens is 4. The van der Waals surface area contributed by atoms with Crippen molar-refractivity contribution < 1.29 is 43.8 Å². The lowest BCUT2D eigenvalue weighted by atomic mass is 10.1. The fourth-order valence-electron chi connectivity index (χ4n) is 3.20. The Balaban J connectivity index is 0.00000480. The number of sulfonamides is 1. The molecule has 1 atom stereocenters. The molecule has 1 heterocycles. The summed E-state index contributed by atoms with van der Waals surface area (Å²) in [7, 11) is -4.35. The molecular weight excluding hydrogens is 459 g/mol. The standard InChI is InChI=1S/C18H26F3N5O3S.ClH/c19-18(20,21)13-6-4-7-14(12-13)30(28,29)25-15(8-5-9-24-17(22)23)16(27)26-10-2-1-3-11-26;/h4,6-7,12,15,25H,1-3,5,8-11H2,(H4,22,23,24);1H/t15-;/m0./s1. The first-order valence-corrected chi connectivity index (χ1v) is 11.1. The summed E-state index contributed by atoms with van der Waals surface area (Å²) in [6, 6.07) is 2.31. The normalized spacial score (nSPS) is 15.6. The molecule has 1 amide bonds. The second-order valence-electron chi connectivity index (χ2n) is 7.11. The van der Waals surface area contributed by atoms with Crippen LogP contribution in [0.25, 0.3) is 0 Å². The van der Waals surface area contributed by atoms with Crippen LogP contribution in [0.1, 0.15) is 37.7 Å².